The summed E-state index contributed by atoms with van der Waals surface area (Å²) in [5.74, 6) is -1.09. The molecule has 0 radical (unpaired) electrons. The lowest BCUT2D eigenvalue weighted by Gasteiger charge is -2.25. The first-order chi connectivity index (χ1) is 10.9. The Kier molecular flexibility index (Phi) is 5.07. The highest BCUT2D eigenvalue weighted by Gasteiger charge is 2.24. The molecule has 122 valence electrons. The van der Waals surface area contributed by atoms with Crippen LogP contribution >= 0.6 is 0 Å². The number of carbonyl (C=O) groups is 2. The van der Waals surface area contributed by atoms with Gasteiger partial charge in [0.25, 0.3) is 0 Å². The third-order valence-corrected chi connectivity index (χ3v) is 3.35. The van der Waals surface area contributed by atoms with Crippen molar-refractivity contribution in [3.8, 4) is 0 Å². The van der Waals surface area contributed by atoms with Crippen molar-refractivity contribution in [2.45, 2.75) is 19.5 Å². The van der Waals surface area contributed by atoms with Gasteiger partial charge in [0, 0.05) is 0 Å². The molecular formula is C15H19N5O3. The second kappa shape index (κ2) is 7.01. The Bertz CT molecular complexity index is 711. The van der Waals surface area contributed by atoms with Gasteiger partial charge in [-0.25, -0.2) is 0 Å². The zero-order valence-corrected chi connectivity index (χ0v) is 13.2. The number of amides is 2. The van der Waals surface area contributed by atoms with Gasteiger partial charge in [-0.05, 0) is 32.1 Å². The molecule has 1 heterocycles. The fourth-order valence-electron chi connectivity index (χ4n) is 2.24. The lowest BCUT2D eigenvalue weighted by Crippen LogP contribution is -2.37. The van der Waals surface area contributed by atoms with Crippen LogP contribution in [0.15, 0.2) is 28.8 Å². The second-order valence-electron chi connectivity index (χ2n) is 5.32. The van der Waals surface area contributed by atoms with Crippen LogP contribution in [0.5, 0.6) is 0 Å². The van der Waals surface area contributed by atoms with Gasteiger partial charge in [-0.1, -0.05) is 29.4 Å². The fraction of sp³-hybridized carbons (Fsp3) is 0.333. The van der Waals surface area contributed by atoms with Gasteiger partial charge in [-0.15, -0.1) is 0 Å². The predicted octanol–water partition coefficient (Wildman–Crippen LogP) is 0.396. The zero-order valence-electron chi connectivity index (χ0n) is 13.2. The van der Waals surface area contributed by atoms with Crippen LogP contribution in [-0.4, -0.2) is 41.0 Å². The highest BCUT2D eigenvalue weighted by Crippen LogP contribution is 2.22. The maximum atomic E-state index is 12.5. The average molecular weight is 317 g/mol. The van der Waals surface area contributed by atoms with Gasteiger partial charge in [0.1, 0.15) is 6.04 Å². The Labute approximate surface area is 133 Å². The lowest BCUT2D eigenvalue weighted by atomic mass is 10.00. The number of nitrogens with two attached hydrogens (primary N) is 1. The first-order valence-corrected chi connectivity index (χ1v) is 7.02. The number of nitrogens with one attached hydrogen (secondary N) is 1. The number of carbonyl (C=O) groups excluding carboxylic acids is 2. The number of hydrogen-bond acceptors (Lipinski definition) is 6. The predicted molar refractivity (Wildman–Crippen MR) is 82.3 cm³/mol. The molecule has 0 saturated carbocycles. The summed E-state index contributed by atoms with van der Waals surface area (Å²) in [6.45, 7) is 2.00. The van der Waals surface area contributed by atoms with E-state index in [4.69, 9.17) is 5.73 Å². The molecule has 2 rings (SSSR count). The first-order valence-electron chi connectivity index (χ1n) is 7.02. The van der Waals surface area contributed by atoms with E-state index in [1.54, 1.807) is 0 Å². The van der Waals surface area contributed by atoms with Crippen molar-refractivity contribution in [3.05, 3.63) is 47.1 Å². The molecule has 3 N–H and O–H groups in total. The molecule has 0 saturated heterocycles. The molecule has 1 aromatic carbocycles. The summed E-state index contributed by atoms with van der Waals surface area (Å²) in [5.41, 5.74) is 6.98. The third kappa shape index (κ3) is 3.92. The molecule has 1 atom stereocenters. The first kappa shape index (κ1) is 16.6. The Morgan fingerprint density at radius 2 is 2.04 bits per heavy atom. The van der Waals surface area contributed by atoms with Gasteiger partial charge >= 0.3 is 11.8 Å². The molecule has 0 spiro atoms. The summed E-state index contributed by atoms with van der Waals surface area (Å²) in [5, 5.41) is 6.33. The summed E-state index contributed by atoms with van der Waals surface area (Å²) in [4.78, 5) is 29.0. The van der Waals surface area contributed by atoms with Crippen molar-refractivity contribution < 1.29 is 14.1 Å². The van der Waals surface area contributed by atoms with Crippen LogP contribution in [0, 0.1) is 6.92 Å². The highest BCUT2D eigenvalue weighted by atomic mass is 16.5. The average Bonchev–Trinajstić information content (AvgIpc) is 2.96. The van der Waals surface area contributed by atoms with Crippen molar-refractivity contribution >= 4 is 11.8 Å². The van der Waals surface area contributed by atoms with Gasteiger partial charge in [0.05, 0.1) is 6.54 Å². The summed E-state index contributed by atoms with van der Waals surface area (Å²) >= 11 is 0. The maximum absolute atomic E-state index is 12.5. The minimum absolute atomic E-state index is 0.0475. The number of rotatable bonds is 6. The Morgan fingerprint density at radius 3 is 2.61 bits per heavy atom. The summed E-state index contributed by atoms with van der Waals surface area (Å²) in [6.07, 6.45) is 0. The summed E-state index contributed by atoms with van der Waals surface area (Å²) < 4.78 is 4.67. The lowest BCUT2D eigenvalue weighted by molar-refractivity contribution is -0.126. The van der Waals surface area contributed by atoms with Crippen LogP contribution < -0.4 is 11.1 Å². The Hall–Kier alpha value is -2.74. The minimum Gasteiger partial charge on any atom is -0.361 e. The van der Waals surface area contributed by atoms with Gasteiger partial charge in [0.2, 0.25) is 5.91 Å². The van der Waals surface area contributed by atoms with E-state index < -0.39 is 11.9 Å². The van der Waals surface area contributed by atoms with Crippen LogP contribution in [0.25, 0.3) is 0 Å². The van der Waals surface area contributed by atoms with Gasteiger partial charge in [0.15, 0.2) is 5.82 Å². The van der Waals surface area contributed by atoms with Gasteiger partial charge in [-0.2, -0.15) is 4.98 Å². The monoisotopic (exact) mass is 317 g/mol. The summed E-state index contributed by atoms with van der Waals surface area (Å²) in [7, 11) is 3.66. The van der Waals surface area contributed by atoms with Crippen LogP contribution in [0.2, 0.25) is 0 Å². The molecule has 2 amide bonds. The molecule has 0 unspecified atom stereocenters. The van der Waals surface area contributed by atoms with Crippen LogP contribution in [0.4, 0.5) is 0 Å². The molecule has 0 aliphatic carbocycles. The Balaban J connectivity index is 2.10. The smallest absolute Gasteiger partial charge is 0.315 e. The molecule has 2 aromatic rings. The maximum Gasteiger partial charge on any atom is 0.315 e. The number of aryl methyl sites for hydroxylation is 1. The summed E-state index contributed by atoms with van der Waals surface area (Å²) in [6, 6.07) is 7.24. The van der Waals surface area contributed by atoms with Crippen LogP contribution in [-0.2, 0) is 11.3 Å². The van der Waals surface area contributed by atoms with E-state index in [9.17, 15) is 9.59 Å². The molecule has 8 heteroatoms. The molecule has 1 aromatic heterocycles. The molecule has 0 bridgehead atoms. The van der Waals surface area contributed by atoms with Crippen LogP contribution in [0.3, 0.4) is 0 Å². The number of likely N-dealkylation sites (N-methyl/N-ethyl adjacent to an activating group) is 1. The van der Waals surface area contributed by atoms with Gasteiger partial charge in [-0.3, -0.25) is 14.5 Å². The number of primary amides is 1. The second-order valence-corrected chi connectivity index (χ2v) is 5.32. The molecule has 0 fully saturated rings. The fourth-order valence-corrected chi connectivity index (χ4v) is 2.24. The number of hydrogen-bond donors (Lipinski definition) is 2. The number of aromatic nitrogens is 2. The van der Waals surface area contributed by atoms with Crippen LogP contribution in [0.1, 0.15) is 33.7 Å². The highest BCUT2D eigenvalue weighted by molar-refractivity contribution is 5.87. The van der Waals surface area contributed by atoms with E-state index in [0.717, 1.165) is 11.1 Å². The van der Waals surface area contributed by atoms with Gasteiger partial charge < -0.3 is 15.6 Å². The topological polar surface area (TPSA) is 114 Å². The number of nitrogens with zero attached hydrogens (tertiary/aromatic N) is 3. The molecule has 23 heavy (non-hydrogen) atoms. The largest absolute Gasteiger partial charge is 0.361 e. The quantitative estimate of drug-likeness (QED) is 0.797. The van der Waals surface area contributed by atoms with Crippen molar-refractivity contribution in [1.82, 2.24) is 20.4 Å². The normalized spacial score (nSPS) is 12.2. The number of benzene rings is 1. The minimum atomic E-state index is -0.804. The van der Waals surface area contributed by atoms with Crippen molar-refractivity contribution in [3.63, 3.8) is 0 Å². The van der Waals surface area contributed by atoms with E-state index in [1.807, 2.05) is 50.2 Å². The molecule has 0 aliphatic heterocycles. The standard InChI is InChI=1S/C15H19N5O3/c1-9-6-4-5-7-10(9)12(20(2)3)14(22)17-8-11-18-15(13(16)21)23-19-11/h4-7,12H,8H2,1-3H3,(H2,16,21)(H,17,22)/t12-/m0/s1. The van der Waals surface area contributed by atoms with Crippen molar-refractivity contribution in [2.24, 2.45) is 5.73 Å². The van der Waals surface area contributed by atoms with E-state index in [0.29, 0.717) is 0 Å². The molecule has 0 aliphatic rings. The Morgan fingerprint density at radius 1 is 1.35 bits per heavy atom. The third-order valence-electron chi connectivity index (χ3n) is 3.35. The molecular weight excluding hydrogens is 298 g/mol. The van der Waals surface area contributed by atoms with Crippen molar-refractivity contribution in [2.75, 3.05) is 14.1 Å². The zero-order chi connectivity index (χ0) is 17.0. The van der Waals surface area contributed by atoms with E-state index in [1.165, 1.54) is 0 Å². The molecule has 8 nitrogen and oxygen atoms in total. The van der Waals surface area contributed by atoms with E-state index in [2.05, 4.69) is 20.0 Å². The SMILES string of the molecule is Cc1ccccc1[C@@H](C(=O)NCc1noc(C(N)=O)n1)N(C)C. The van der Waals surface area contributed by atoms with E-state index >= 15 is 0 Å². The van der Waals surface area contributed by atoms with E-state index in [-0.39, 0.29) is 24.2 Å². The van der Waals surface area contributed by atoms with Crippen molar-refractivity contribution in [1.29, 1.82) is 0 Å².